The Balaban J connectivity index is 3.50. The lowest BCUT2D eigenvalue weighted by atomic mass is 10.3. The number of hydrogen-bond donors (Lipinski definition) is 1. The SMILES string of the molecule is CCNC(COC)C(F)F. The molecule has 0 radical (unpaired) electrons. The van der Waals surface area contributed by atoms with Gasteiger partial charge in [0.1, 0.15) is 0 Å². The summed E-state index contributed by atoms with van der Waals surface area (Å²) in [5.74, 6) is 0. The van der Waals surface area contributed by atoms with Gasteiger partial charge in [-0.25, -0.2) is 8.78 Å². The zero-order valence-electron chi connectivity index (χ0n) is 6.23. The van der Waals surface area contributed by atoms with Crippen LogP contribution in [0.4, 0.5) is 8.78 Å². The van der Waals surface area contributed by atoms with Crippen molar-refractivity contribution in [2.24, 2.45) is 0 Å². The molecule has 0 aromatic rings. The fourth-order valence-electron chi connectivity index (χ4n) is 0.662. The van der Waals surface area contributed by atoms with Crippen LogP contribution in [-0.4, -0.2) is 32.7 Å². The smallest absolute Gasteiger partial charge is 0.255 e. The monoisotopic (exact) mass is 153 g/mol. The second-order valence-electron chi connectivity index (χ2n) is 1.95. The first-order chi connectivity index (χ1) is 4.72. The standard InChI is InChI=1S/C6H13F2NO/c1-3-9-5(4-10-2)6(7)8/h5-6,9H,3-4H2,1-2H3. The average molecular weight is 153 g/mol. The molecule has 10 heavy (non-hydrogen) atoms. The number of nitrogens with one attached hydrogen (secondary N) is 1. The van der Waals surface area contributed by atoms with Gasteiger partial charge < -0.3 is 10.1 Å². The van der Waals surface area contributed by atoms with E-state index in [1.807, 2.05) is 0 Å². The molecule has 0 heterocycles. The third-order valence-corrected chi connectivity index (χ3v) is 1.12. The van der Waals surface area contributed by atoms with Gasteiger partial charge in [-0.3, -0.25) is 0 Å². The minimum Gasteiger partial charge on any atom is -0.383 e. The molecule has 0 spiro atoms. The molecule has 1 atom stereocenters. The summed E-state index contributed by atoms with van der Waals surface area (Å²) in [6.45, 7) is 2.38. The summed E-state index contributed by atoms with van der Waals surface area (Å²) in [4.78, 5) is 0. The molecule has 0 amide bonds. The van der Waals surface area contributed by atoms with Crippen LogP contribution in [0.5, 0.6) is 0 Å². The van der Waals surface area contributed by atoms with E-state index in [9.17, 15) is 8.78 Å². The molecule has 1 unspecified atom stereocenters. The van der Waals surface area contributed by atoms with Crippen molar-refractivity contribution >= 4 is 0 Å². The van der Waals surface area contributed by atoms with E-state index in [2.05, 4.69) is 10.1 Å². The van der Waals surface area contributed by atoms with Crippen LogP contribution in [0, 0.1) is 0 Å². The molecule has 1 N–H and O–H groups in total. The van der Waals surface area contributed by atoms with Crippen LogP contribution in [0.25, 0.3) is 0 Å². The van der Waals surface area contributed by atoms with Gasteiger partial charge in [0.15, 0.2) is 0 Å². The minimum atomic E-state index is -2.35. The molecule has 0 aromatic heterocycles. The van der Waals surface area contributed by atoms with Gasteiger partial charge in [-0.1, -0.05) is 6.92 Å². The van der Waals surface area contributed by atoms with E-state index in [1.165, 1.54) is 7.11 Å². The van der Waals surface area contributed by atoms with Crippen molar-refractivity contribution < 1.29 is 13.5 Å². The molecule has 0 aliphatic rings. The molecule has 0 bridgehead atoms. The maximum absolute atomic E-state index is 11.9. The van der Waals surface area contributed by atoms with E-state index >= 15 is 0 Å². The Kier molecular flexibility index (Phi) is 5.43. The highest BCUT2D eigenvalue weighted by Gasteiger charge is 2.17. The lowest BCUT2D eigenvalue weighted by Gasteiger charge is -2.14. The van der Waals surface area contributed by atoms with Crippen LogP contribution >= 0.6 is 0 Å². The highest BCUT2D eigenvalue weighted by molar-refractivity contribution is 4.66. The average Bonchev–Trinajstić information content (AvgIpc) is 1.87. The third kappa shape index (κ3) is 3.74. The van der Waals surface area contributed by atoms with E-state index in [1.54, 1.807) is 6.92 Å². The quantitative estimate of drug-likeness (QED) is 0.633. The van der Waals surface area contributed by atoms with E-state index in [4.69, 9.17) is 0 Å². The number of rotatable bonds is 5. The Hall–Kier alpha value is -0.220. The van der Waals surface area contributed by atoms with Gasteiger partial charge in [0.25, 0.3) is 6.43 Å². The first kappa shape index (κ1) is 9.78. The number of likely N-dealkylation sites (N-methyl/N-ethyl adjacent to an activating group) is 1. The molecule has 4 heteroatoms. The Bertz CT molecular complexity index is 74.1. The number of alkyl halides is 2. The lowest BCUT2D eigenvalue weighted by molar-refractivity contribution is 0.0499. The normalized spacial score (nSPS) is 14.1. The maximum Gasteiger partial charge on any atom is 0.255 e. The molecule has 62 valence electrons. The first-order valence-electron chi connectivity index (χ1n) is 3.22. The van der Waals surface area contributed by atoms with Gasteiger partial charge in [-0.05, 0) is 6.54 Å². The van der Waals surface area contributed by atoms with Gasteiger partial charge >= 0.3 is 0 Å². The molecule has 0 aliphatic carbocycles. The van der Waals surface area contributed by atoms with Gasteiger partial charge in [-0.2, -0.15) is 0 Å². The van der Waals surface area contributed by atoms with Gasteiger partial charge in [0.05, 0.1) is 12.6 Å². The zero-order valence-corrected chi connectivity index (χ0v) is 6.23. The van der Waals surface area contributed by atoms with Crippen molar-refractivity contribution in [3.05, 3.63) is 0 Å². The molecule has 0 aliphatic heterocycles. The van der Waals surface area contributed by atoms with Gasteiger partial charge in [-0.15, -0.1) is 0 Å². The summed E-state index contributed by atoms with van der Waals surface area (Å²) in [7, 11) is 1.41. The van der Waals surface area contributed by atoms with Crippen molar-refractivity contribution in [1.82, 2.24) is 5.32 Å². The number of hydrogen-bond acceptors (Lipinski definition) is 2. The van der Waals surface area contributed by atoms with Crippen molar-refractivity contribution in [2.75, 3.05) is 20.3 Å². The fourth-order valence-corrected chi connectivity index (χ4v) is 0.662. The van der Waals surface area contributed by atoms with Crippen molar-refractivity contribution in [2.45, 2.75) is 19.4 Å². The zero-order chi connectivity index (χ0) is 7.98. The van der Waals surface area contributed by atoms with Gasteiger partial charge in [0.2, 0.25) is 0 Å². The van der Waals surface area contributed by atoms with Crippen LogP contribution in [0.1, 0.15) is 6.92 Å². The van der Waals surface area contributed by atoms with E-state index in [0.717, 1.165) is 0 Å². The third-order valence-electron chi connectivity index (χ3n) is 1.12. The van der Waals surface area contributed by atoms with E-state index in [-0.39, 0.29) is 6.61 Å². The first-order valence-corrected chi connectivity index (χ1v) is 3.22. The van der Waals surface area contributed by atoms with Crippen LogP contribution in [-0.2, 0) is 4.74 Å². The summed E-state index contributed by atoms with van der Waals surface area (Å²) < 4.78 is 28.4. The molecule has 0 saturated heterocycles. The molecule has 0 fully saturated rings. The summed E-state index contributed by atoms with van der Waals surface area (Å²) in [6.07, 6.45) is -2.35. The summed E-state index contributed by atoms with van der Waals surface area (Å²) in [6, 6.07) is -0.824. The largest absolute Gasteiger partial charge is 0.383 e. The lowest BCUT2D eigenvalue weighted by Crippen LogP contribution is -2.39. The topological polar surface area (TPSA) is 21.3 Å². The predicted octanol–water partition coefficient (Wildman–Crippen LogP) is 0.876. The van der Waals surface area contributed by atoms with Crippen molar-refractivity contribution in [3.8, 4) is 0 Å². The number of ether oxygens (including phenoxy) is 1. The van der Waals surface area contributed by atoms with Crippen LogP contribution in [0.3, 0.4) is 0 Å². The Morgan fingerprint density at radius 3 is 2.40 bits per heavy atom. The summed E-state index contributed by atoms with van der Waals surface area (Å²) in [5, 5.41) is 2.61. The molecular formula is C6H13F2NO. The van der Waals surface area contributed by atoms with E-state index < -0.39 is 12.5 Å². The Morgan fingerprint density at radius 1 is 1.50 bits per heavy atom. The molecule has 0 rings (SSSR count). The Labute approximate surface area is 59.6 Å². The molecule has 0 saturated carbocycles. The second-order valence-corrected chi connectivity index (χ2v) is 1.95. The minimum absolute atomic E-state index is 0.0610. The Morgan fingerprint density at radius 2 is 2.10 bits per heavy atom. The van der Waals surface area contributed by atoms with Crippen molar-refractivity contribution in [3.63, 3.8) is 0 Å². The van der Waals surface area contributed by atoms with Crippen LogP contribution < -0.4 is 5.32 Å². The van der Waals surface area contributed by atoms with Gasteiger partial charge in [0, 0.05) is 7.11 Å². The number of methoxy groups -OCH3 is 1. The highest BCUT2D eigenvalue weighted by atomic mass is 19.3. The van der Waals surface area contributed by atoms with Crippen molar-refractivity contribution in [1.29, 1.82) is 0 Å². The molecule has 0 aromatic carbocycles. The van der Waals surface area contributed by atoms with E-state index in [0.29, 0.717) is 6.54 Å². The van der Waals surface area contributed by atoms with Crippen LogP contribution in [0.15, 0.2) is 0 Å². The van der Waals surface area contributed by atoms with Crippen LogP contribution in [0.2, 0.25) is 0 Å². The predicted molar refractivity (Wildman–Crippen MR) is 35.3 cm³/mol. The summed E-state index contributed by atoms with van der Waals surface area (Å²) in [5.41, 5.74) is 0. The second kappa shape index (κ2) is 5.56. The highest BCUT2D eigenvalue weighted by Crippen LogP contribution is 2.00. The maximum atomic E-state index is 11.9. The summed E-state index contributed by atoms with van der Waals surface area (Å²) >= 11 is 0. The fraction of sp³-hybridized carbons (Fsp3) is 1.00. The molecular weight excluding hydrogens is 140 g/mol. The number of halogens is 2. The molecule has 2 nitrogen and oxygen atoms in total.